The summed E-state index contributed by atoms with van der Waals surface area (Å²) >= 11 is 6.00. The summed E-state index contributed by atoms with van der Waals surface area (Å²) in [6.07, 6.45) is 0. The van der Waals surface area contributed by atoms with Crippen LogP contribution in [0, 0.1) is 0 Å². The average Bonchev–Trinajstić information content (AvgIpc) is 2.39. The molecule has 3 aromatic rings. The van der Waals surface area contributed by atoms with Gasteiger partial charge in [-0.3, -0.25) is 0 Å². The van der Waals surface area contributed by atoms with Gasteiger partial charge in [0, 0.05) is 16.5 Å². The van der Waals surface area contributed by atoms with Crippen LogP contribution >= 0.6 is 11.6 Å². The van der Waals surface area contributed by atoms with Crippen LogP contribution in [-0.2, 0) is 0 Å². The van der Waals surface area contributed by atoms with Gasteiger partial charge in [-0.1, -0.05) is 41.9 Å². The van der Waals surface area contributed by atoms with Gasteiger partial charge in [-0.05, 0) is 29.3 Å². The van der Waals surface area contributed by atoms with E-state index in [0.29, 0.717) is 10.6 Å². The van der Waals surface area contributed by atoms with E-state index in [-0.39, 0.29) is 5.63 Å². The molecule has 0 aliphatic rings. The number of benzene rings is 2. The molecular weight excluding hydrogens is 248 g/mol. The molecule has 0 bridgehead atoms. The van der Waals surface area contributed by atoms with Crippen LogP contribution in [0.15, 0.2) is 63.8 Å². The smallest absolute Gasteiger partial charge is 0.336 e. The van der Waals surface area contributed by atoms with Gasteiger partial charge in [-0.2, -0.15) is 0 Å². The normalized spacial score (nSPS) is 10.7. The molecular formula is C15H9ClO2. The molecule has 0 aliphatic heterocycles. The highest BCUT2D eigenvalue weighted by Crippen LogP contribution is 2.28. The SMILES string of the molecule is O=c1cc(-c2ccccc2)c2cc(Cl)ccc2o1. The molecule has 0 unspecified atom stereocenters. The first-order chi connectivity index (χ1) is 8.74. The Morgan fingerprint density at radius 3 is 2.50 bits per heavy atom. The lowest BCUT2D eigenvalue weighted by molar-refractivity contribution is 0.561. The Kier molecular flexibility index (Phi) is 2.65. The fraction of sp³-hybridized carbons (Fsp3) is 0. The van der Waals surface area contributed by atoms with Gasteiger partial charge in [0.25, 0.3) is 0 Å². The minimum atomic E-state index is -0.358. The van der Waals surface area contributed by atoms with E-state index in [9.17, 15) is 4.79 Å². The predicted octanol–water partition coefficient (Wildman–Crippen LogP) is 4.11. The maximum atomic E-state index is 11.6. The van der Waals surface area contributed by atoms with Gasteiger partial charge in [0.2, 0.25) is 0 Å². The van der Waals surface area contributed by atoms with Crippen molar-refractivity contribution in [2.75, 3.05) is 0 Å². The predicted molar refractivity (Wildman–Crippen MR) is 72.9 cm³/mol. The van der Waals surface area contributed by atoms with Gasteiger partial charge in [0.05, 0.1) is 0 Å². The molecule has 0 saturated heterocycles. The number of hydrogen-bond acceptors (Lipinski definition) is 2. The molecule has 88 valence electrons. The zero-order valence-electron chi connectivity index (χ0n) is 9.39. The van der Waals surface area contributed by atoms with Crippen LogP contribution in [-0.4, -0.2) is 0 Å². The summed E-state index contributed by atoms with van der Waals surface area (Å²) in [4.78, 5) is 11.6. The lowest BCUT2D eigenvalue weighted by atomic mass is 10.0. The van der Waals surface area contributed by atoms with Crippen molar-refractivity contribution < 1.29 is 4.42 Å². The third-order valence-electron chi connectivity index (χ3n) is 2.79. The highest BCUT2D eigenvalue weighted by molar-refractivity contribution is 6.31. The molecule has 18 heavy (non-hydrogen) atoms. The second kappa shape index (κ2) is 4.31. The lowest BCUT2D eigenvalue weighted by Gasteiger charge is -2.05. The Hall–Kier alpha value is -2.06. The first kappa shape index (κ1) is 11.1. The molecule has 1 aromatic heterocycles. The Morgan fingerprint density at radius 1 is 0.944 bits per heavy atom. The molecule has 2 aromatic carbocycles. The van der Waals surface area contributed by atoms with E-state index in [1.54, 1.807) is 12.1 Å². The van der Waals surface area contributed by atoms with Gasteiger partial charge in [-0.15, -0.1) is 0 Å². The van der Waals surface area contributed by atoms with Crippen LogP contribution in [0.1, 0.15) is 0 Å². The second-order valence-electron chi connectivity index (χ2n) is 3.99. The third-order valence-corrected chi connectivity index (χ3v) is 3.02. The molecule has 0 radical (unpaired) electrons. The highest BCUT2D eigenvalue weighted by atomic mass is 35.5. The summed E-state index contributed by atoms with van der Waals surface area (Å²) in [5, 5.41) is 1.46. The van der Waals surface area contributed by atoms with Crippen LogP contribution in [0.3, 0.4) is 0 Å². The molecule has 3 heteroatoms. The minimum absolute atomic E-state index is 0.358. The molecule has 1 heterocycles. The summed E-state index contributed by atoms with van der Waals surface area (Å²) in [6.45, 7) is 0. The topological polar surface area (TPSA) is 30.2 Å². The van der Waals surface area contributed by atoms with Crippen molar-refractivity contribution in [2.24, 2.45) is 0 Å². The zero-order valence-corrected chi connectivity index (χ0v) is 10.1. The molecule has 0 spiro atoms. The first-order valence-corrected chi connectivity index (χ1v) is 5.91. The highest BCUT2D eigenvalue weighted by Gasteiger charge is 2.07. The lowest BCUT2D eigenvalue weighted by Crippen LogP contribution is -1.97. The summed E-state index contributed by atoms with van der Waals surface area (Å²) in [6, 6.07) is 16.4. The summed E-state index contributed by atoms with van der Waals surface area (Å²) in [5.74, 6) is 0. The van der Waals surface area contributed by atoms with Gasteiger partial charge < -0.3 is 4.42 Å². The van der Waals surface area contributed by atoms with Crippen LogP contribution in [0.2, 0.25) is 5.02 Å². The zero-order chi connectivity index (χ0) is 12.5. The molecule has 0 N–H and O–H groups in total. The number of rotatable bonds is 1. The quantitative estimate of drug-likeness (QED) is 0.613. The molecule has 0 fully saturated rings. The molecule has 2 nitrogen and oxygen atoms in total. The van der Waals surface area contributed by atoms with Gasteiger partial charge in [-0.25, -0.2) is 4.79 Å². The fourth-order valence-electron chi connectivity index (χ4n) is 1.99. The largest absolute Gasteiger partial charge is 0.423 e. The van der Waals surface area contributed by atoms with E-state index < -0.39 is 0 Å². The first-order valence-electron chi connectivity index (χ1n) is 5.53. The third kappa shape index (κ3) is 1.91. The molecule has 0 aliphatic carbocycles. The van der Waals surface area contributed by atoms with Gasteiger partial charge >= 0.3 is 5.63 Å². The maximum Gasteiger partial charge on any atom is 0.336 e. The Morgan fingerprint density at radius 2 is 1.72 bits per heavy atom. The minimum Gasteiger partial charge on any atom is -0.423 e. The van der Waals surface area contributed by atoms with Crippen molar-refractivity contribution in [2.45, 2.75) is 0 Å². The van der Waals surface area contributed by atoms with Crippen LogP contribution < -0.4 is 5.63 Å². The Labute approximate surface area is 108 Å². The number of fused-ring (bicyclic) bond motifs is 1. The molecule has 0 atom stereocenters. The van der Waals surface area contributed by atoms with Crippen molar-refractivity contribution in [1.29, 1.82) is 0 Å². The Bertz CT molecular complexity index is 760. The average molecular weight is 257 g/mol. The summed E-state index contributed by atoms with van der Waals surface area (Å²) < 4.78 is 5.16. The summed E-state index contributed by atoms with van der Waals surface area (Å²) in [5.41, 5.74) is 2.00. The van der Waals surface area contributed by atoms with Crippen molar-refractivity contribution in [3.05, 3.63) is 70.0 Å². The molecule has 0 saturated carbocycles. The molecule has 3 rings (SSSR count). The second-order valence-corrected chi connectivity index (χ2v) is 4.42. The maximum absolute atomic E-state index is 11.6. The van der Waals surface area contributed by atoms with Gasteiger partial charge in [0.15, 0.2) is 0 Å². The van der Waals surface area contributed by atoms with E-state index in [1.807, 2.05) is 36.4 Å². The van der Waals surface area contributed by atoms with Crippen LogP contribution in [0.5, 0.6) is 0 Å². The van der Waals surface area contributed by atoms with E-state index in [2.05, 4.69) is 0 Å². The van der Waals surface area contributed by atoms with E-state index in [0.717, 1.165) is 16.5 Å². The number of hydrogen-bond donors (Lipinski definition) is 0. The van der Waals surface area contributed by atoms with Crippen molar-refractivity contribution in [3.8, 4) is 11.1 Å². The van der Waals surface area contributed by atoms with Gasteiger partial charge in [0.1, 0.15) is 5.58 Å². The fourth-order valence-corrected chi connectivity index (χ4v) is 2.16. The number of halogens is 1. The summed E-state index contributed by atoms with van der Waals surface area (Å²) in [7, 11) is 0. The van der Waals surface area contributed by atoms with E-state index in [4.69, 9.17) is 16.0 Å². The molecule has 0 amide bonds. The monoisotopic (exact) mass is 256 g/mol. The van der Waals surface area contributed by atoms with Crippen molar-refractivity contribution in [3.63, 3.8) is 0 Å². The van der Waals surface area contributed by atoms with Crippen molar-refractivity contribution in [1.82, 2.24) is 0 Å². The Balaban J connectivity index is 2.41. The standard InChI is InChI=1S/C15H9ClO2/c16-11-6-7-14-13(8-11)12(9-15(17)18-14)10-4-2-1-3-5-10/h1-9H. The van der Waals surface area contributed by atoms with Crippen molar-refractivity contribution >= 4 is 22.6 Å². The van der Waals surface area contributed by atoms with Crippen LogP contribution in [0.4, 0.5) is 0 Å². The van der Waals surface area contributed by atoms with Crippen LogP contribution in [0.25, 0.3) is 22.1 Å². The van der Waals surface area contributed by atoms with E-state index in [1.165, 1.54) is 6.07 Å². The van der Waals surface area contributed by atoms with E-state index >= 15 is 0 Å².